The van der Waals surface area contributed by atoms with E-state index in [1.54, 1.807) is 42.5 Å². The Balaban J connectivity index is 1.87. The second-order valence-electron chi connectivity index (χ2n) is 6.06. The van der Waals surface area contributed by atoms with Crippen molar-refractivity contribution in [2.75, 3.05) is 5.43 Å². The van der Waals surface area contributed by atoms with E-state index in [2.05, 4.69) is 10.5 Å². The van der Waals surface area contributed by atoms with Crippen LogP contribution in [0.5, 0.6) is 11.5 Å². The van der Waals surface area contributed by atoms with Crippen LogP contribution >= 0.6 is 34.8 Å². The van der Waals surface area contributed by atoms with E-state index in [-0.39, 0.29) is 27.0 Å². The van der Waals surface area contributed by atoms with Gasteiger partial charge >= 0.3 is 0 Å². The Bertz CT molecular complexity index is 1350. The lowest BCUT2D eigenvalue weighted by molar-refractivity contribution is 0.453. The topological polar surface area (TPSA) is 95.1 Å². The predicted octanol–water partition coefficient (Wildman–Crippen LogP) is 5.76. The highest BCUT2D eigenvalue weighted by Crippen LogP contribution is 2.45. The number of benzene rings is 3. The summed E-state index contributed by atoms with van der Waals surface area (Å²) in [6, 6.07) is 11.8. The molecule has 0 aliphatic rings. The third-order valence-electron chi connectivity index (χ3n) is 4.25. The summed E-state index contributed by atoms with van der Waals surface area (Å²) in [7, 11) is 0. The number of phenols is 2. The van der Waals surface area contributed by atoms with Gasteiger partial charge in [-0.1, -0.05) is 40.9 Å². The number of phenolic OH excluding ortho intramolecular Hbond substituents is 2. The molecule has 0 aliphatic carbocycles. The van der Waals surface area contributed by atoms with Crippen LogP contribution in [0.25, 0.3) is 21.9 Å². The Morgan fingerprint density at radius 2 is 1.66 bits per heavy atom. The SMILES string of the molecule is O=c1c2cccc(/C=N\Nc3ccc(Cl)cc3)c2oc2c(Cl)c(O)c(Cl)c(O)c12. The van der Waals surface area contributed by atoms with E-state index in [0.29, 0.717) is 16.3 Å². The van der Waals surface area contributed by atoms with E-state index in [4.69, 9.17) is 39.2 Å². The maximum Gasteiger partial charge on any atom is 0.204 e. The van der Waals surface area contributed by atoms with E-state index < -0.39 is 22.0 Å². The van der Waals surface area contributed by atoms with Crippen molar-refractivity contribution in [1.29, 1.82) is 0 Å². The fourth-order valence-corrected chi connectivity index (χ4v) is 3.43. The first kappa shape index (κ1) is 19.4. The number of fused-ring (bicyclic) bond motifs is 2. The van der Waals surface area contributed by atoms with Crippen molar-refractivity contribution in [3.05, 3.63) is 73.3 Å². The van der Waals surface area contributed by atoms with Crippen LogP contribution in [0.3, 0.4) is 0 Å². The Morgan fingerprint density at radius 3 is 2.38 bits per heavy atom. The van der Waals surface area contributed by atoms with Gasteiger partial charge in [-0.2, -0.15) is 5.10 Å². The molecule has 0 aliphatic heterocycles. The van der Waals surface area contributed by atoms with Crippen molar-refractivity contribution in [2.45, 2.75) is 0 Å². The van der Waals surface area contributed by atoms with Crippen molar-refractivity contribution >= 4 is 68.6 Å². The molecule has 4 rings (SSSR count). The van der Waals surface area contributed by atoms with Crippen molar-refractivity contribution < 1.29 is 14.6 Å². The van der Waals surface area contributed by atoms with Gasteiger partial charge < -0.3 is 14.6 Å². The largest absolute Gasteiger partial charge is 0.505 e. The van der Waals surface area contributed by atoms with E-state index in [1.807, 2.05) is 0 Å². The summed E-state index contributed by atoms with van der Waals surface area (Å²) < 4.78 is 5.78. The van der Waals surface area contributed by atoms with E-state index in [9.17, 15) is 15.0 Å². The van der Waals surface area contributed by atoms with Crippen molar-refractivity contribution in [2.24, 2.45) is 5.10 Å². The molecule has 0 radical (unpaired) electrons. The molecule has 146 valence electrons. The van der Waals surface area contributed by atoms with Crippen LogP contribution < -0.4 is 10.9 Å². The molecular weight excluding hydrogens is 439 g/mol. The Kier molecular flexibility index (Phi) is 5.00. The first-order valence-electron chi connectivity index (χ1n) is 8.21. The highest BCUT2D eigenvalue weighted by molar-refractivity contribution is 6.42. The molecule has 0 saturated heterocycles. The van der Waals surface area contributed by atoms with Gasteiger partial charge in [-0.05, 0) is 36.4 Å². The van der Waals surface area contributed by atoms with Crippen molar-refractivity contribution in [3.63, 3.8) is 0 Å². The zero-order chi connectivity index (χ0) is 20.7. The van der Waals surface area contributed by atoms with Gasteiger partial charge in [-0.15, -0.1) is 0 Å². The number of nitrogens with zero attached hydrogens (tertiary/aromatic N) is 1. The van der Waals surface area contributed by atoms with Crippen LogP contribution in [0.2, 0.25) is 15.1 Å². The Labute approximate surface area is 178 Å². The number of hydrogen-bond donors (Lipinski definition) is 3. The van der Waals surface area contributed by atoms with Gasteiger partial charge in [-0.3, -0.25) is 10.2 Å². The minimum Gasteiger partial charge on any atom is -0.505 e. The maximum atomic E-state index is 12.9. The first-order chi connectivity index (χ1) is 13.9. The number of anilines is 1. The zero-order valence-corrected chi connectivity index (χ0v) is 16.7. The highest BCUT2D eigenvalue weighted by Gasteiger charge is 2.22. The van der Waals surface area contributed by atoms with Gasteiger partial charge in [0.05, 0.1) is 17.3 Å². The molecule has 3 aromatic carbocycles. The average molecular weight is 450 g/mol. The number of hydrazone groups is 1. The third-order valence-corrected chi connectivity index (χ3v) is 5.21. The molecule has 0 bridgehead atoms. The molecule has 6 nitrogen and oxygen atoms in total. The molecular formula is C20H11Cl3N2O4. The molecule has 9 heteroatoms. The smallest absolute Gasteiger partial charge is 0.204 e. The van der Waals surface area contributed by atoms with Gasteiger partial charge in [-0.25, -0.2) is 0 Å². The maximum absolute atomic E-state index is 12.9. The predicted molar refractivity (Wildman–Crippen MR) is 116 cm³/mol. The molecule has 0 unspecified atom stereocenters. The zero-order valence-electron chi connectivity index (χ0n) is 14.4. The van der Waals surface area contributed by atoms with Gasteiger partial charge in [0.25, 0.3) is 0 Å². The quantitative estimate of drug-likeness (QED) is 0.210. The van der Waals surface area contributed by atoms with Crippen LogP contribution in [0.15, 0.2) is 56.8 Å². The Morgan fingerprint density at radius 1 is 0.931 bits per heavy atom. The van der Waals surface area contributed by atoms with Crippen molar-refractivity contribution in [1.82, 2.24) is 0 Å². The number of hydrogen-bond acceptors (Lipinski definition) is 6. The monoisotopic (exact) mass is 448 g/mol. The van der Waals surface area contributed by atoms with Crippen LogP contribution in [0.1, 0.15) is 5.56 Å². The van der Waals surface area contributed by atoms with Gasteiger partial charge in [0, 0.05) is 10.6 Å². The summed E-state index contributed by atoms with van der Waals surface area (Å²) >= 11 is 17.8. The lowest BCUT2D eigenvalue weighted by Gasteiger charge is -2.09. The van der Waals surface area contributed by atoms with Gasteiger partial charge in [0.2, 0.25) is 5.43 Å². The highest BCUT2D eigenvalue weighted by atomic mass is 35.5. The molecule has 29 heavy (non-hydrogen) atoms. The number of aromatic hydroxyl groups is 2. The number of rotatable bonds is 3. The molecule has 0 saturated carbocycles. The first-order valence-corrected chi connectivity index (χ1v) is 9.35. The summed E-state index contributed by atoms with van der Waals surface area (Å²) in [6.07, 6.45) is 1.47. The number of halogens is 3. The van der Waals surface area contributed by atoms with Crippen LogP contribution in [-0.4, -0.2) is 16.4 Å². The summed E-state index contributed by atoms with van der Waals surface area (Å²) in [5.41, 5.74) is 3.51. The van der Waals surface area contributed by atoms with Crippen LogP contribution in [0.4, 0.5) is 5.69 Å². The molecule has 1 aromatic heterocycles. The van der Waals surface area contributed by atoms with E-state index >= 15 is 0 Å². The fraction of sp³-hybridized carbons (Fsp3) is 0. The lowest BCUT2D eigenvalue weighted by atomic mass is 10.1. The van der Waals surface area contributed by atoms with Gasteiger partial charge in [0.1, 0.15) is 21.0 Å². The Hall–Kier alpha value is -2.93. The summed E-state index contributed by atoms with van der Waals surface area (Å²) in [6.45, 7) is 0. The molecule has 3 N–H and O–H groups in total. The second-order valence-corrected chi connectivity index (χ2v) is 7.25. The molecule has 0 amide bonds. The average Bonchev–Trinajstić information content (AvgIpc) is 2.72. The molecule has 4 aromatic rings. The molecule has 0 atom stereocenters. The number of para-hydroxylation sites is 1. The van der Waals surface area contributed by atoms with Crippen LogP contribution in [0, 0.1) is 0 Å². The van der Waals surface area contributed by atoms with Crippen molar-refractivity contribution in [3.8, 4) is 11.5 Å². The van der Waals surface area contributed by atoms with Gasteiger partial charge in [0.15, 0.2) is 17.1 Å². The summed E-state index contributed by atoms with van der Waals surface area (Å²) in [5.74, 6) is -1.17. The molecule has 0 fully saturated rings. The lowest BCUT2D eigenvalue weighted by Crippen LogP contribution is -2.04. The van der Waals surface area contributed by atoms with E-state index in [1.165, 1.54) is 6.21 Å². The summed E-state index contributed by atoms with van der Waals surface area (Å²) in [5, 5.41) is 24.2. The minimum absolute atomic E-state index is 0.171. The molecule has 1 heterocycles. The fourth-order valence-electron chi connectivity index (χ4n) is 2.84. The summed E-state index contributed by atoms with van der Waals surface area (Å²) in [4.78, 5) is 12.9. The van der Waals surface area contributed by atoms with Crippen LogP contribution in [-0.2, 0) is 0 Å². The van der Waals surface area contributed by atoms with E-state index in [0.717, 1.165) is 0 Å². The second kappa shape index (κ2) is 7.48. The standard InChI is InChI=1S/C20H11Cl3N2O4/c21-10-4-6-11(7-5-10)25-24-8-9-2-1-3-12-16(26)13-17(27)14(22)18(28)15(23)20(13)29-19(9)12/h1-8,25,27-28H/b24-8-. The molecule has 0 spiro atoms. The number of nitrogens with one attached hydrogen (secondary N) is 1. The minimum atomic E-state index is -0.595. The normalized spacial score (nSPS) is 11.6. The third kappa shape index (κ3) is 3.35.